The highest BCUT2D eigenvalue weighted by Gasteiger charge is 2.27. The number of carbonyl (C=O) groups excluding carboxylic acids is 2. The van der Waals surface area contributed by atoms with Gasteiger partial charge in [0, 0.05) is 37.9 Å². The summed E-state index contributed by atoms with van der Waals surface area (Å²) in [5.41, 5.74) is 5.84. The van der Waals surface area contributed by atoms with Crippen molar-refractivity contribution in [3.05, 3.63) is 70.5 Å². The molecule has 1 aromatic carbocycles. The first-order valence-electron chi connectivity index (χ1n) is 12.1. The van der Waals surface area contributed by atoms with Gasteiger partial charge in [0.1, 0.15) is 0 Å². The molecule has 2 aliphatic heterocycles. The minimum absolute atomic E-state index is 0.0933. The topological polar surface area (TPSA) is 57.9 Å². The van der Waals surface area contributed by atoms with Crippen molar-refractivity contribution in [2.24, 2.45) is 0 Å². The summed E-state index contributed by atoms with van der Waals surface area (Å²) < 4.78 is 1.81. The number of aryl methyl sites for hydroxylation is 2. The molecule has 0 radical (unpaired) electrons. The Morgan fingerprint density at radius 3 is 2.27 bits per heavy atom. The van der Waals surface area contributed by atoms with E-state index in [0.717, 1.165) is 68.5 Å². The number of pyridine rings is 1. The zero-order valence-electron chi connectivity index (χ0n) is 19.6. The number of carbonyl (C=O) groups is 2. The SMILES string of the molecule is Cc1ccc(C(=O)N2CCC(c3ccn4ncc(C(=O)N5CCCCC5)c4c3)CC2)c(C)c1. The predicted molar refractivity (Wildman–Crippen MR) is 129 cm³/mol. The molecule has 172 valence electrons. The maximum Gasteiger partial charge on any atom is 0.257 e. The quantitative estimate of drug-likeness (QED) is 0.593. The van der Waals surface area contributed by atoms with E-state index in [1.807, 2.05) is 35.1 Å². The van der Waals surface area contributed by atoms with Gasteiger partial charge in [0.25, 0.3) is 11.8 Å². The fraction of sp³-hybridized carbons (Fsp3) is 0.444. The van der Waals surface area contributed by atoms with Crippen LogP contribution in [0.1, 0.15) is 75.4 Å². The van der Waals surface area contributed by atoms with E-state index in [2.05, 4.69) is 30.2 Å². The summed E-state index contributed by atoms with van der Waals surface area (Å²) in [4.78, 5) is 30.1. The van der Waals surface area contributed by atoms with Gasteiger partial charge in [-0.25, -0.2) is 4.52 Å². The molecule has 0 saturated carbocycles. The zero-order chi connectivity index (χ0) is 22.9. The standard InChI is InChI=1S/C27H32N4O2/c1-19-6-7-23(20(2)16-19)26(32)30-13-8-21(9-14-30)22-10-15-31-25(17-22)24(18-28-31)27(33)29-11-4-3-5-12-29/h6-7,10,15-18,21H,3-5,8-9,11-14H2,1-2H3. The van der Waals surface area contributed by atoms with Gasteiger partial charge < -0.3 is 9.80 Å². The molecule has 6 heteroatoms. The molecule has 0 N–H and O–H groups in total. The number of piperidine rings is 2. The van der Waals surface area contributed by atoms with Gasteiger partial charge in [-0.1, -0.05) is 17.7 Å². The van der Waals surface area contributed by atoms with Crippen LogP contribution in [0, 0.1) is 13.8 Å². The Bertz CT molecular complexity index is 1180. The maximum atomic E-state index is 13.1. The maximum absolute atomic E-state index is 13.1. The normalized spacial score (nSPS) is 17.5. The van der Waals surface area contributed by atoms with Crippen LogP contribution >= 0.6 is 0 Å². The third-order valence-electron chi connectivity index (χ3n) is 7.29. The van der Waals surface area contributed by atoms with Crippen LogP contribution in [0.3, 0.4) is 0 Å². The number of nitrogens with zero attached hydrogens (tertiary/aromatic N) is 4. The Balaban J connectivity index is 1.30. The number of aromatic nitrogens is 2. The summed E-state index contributed by atoms with van der Waals surface area (Å²) in [6.07, 6.45) is 8.89. The Morgan fingerprint density at radius 2 is 1.55 bits per heavy atom. The molecule has 2 aliphatic rings. The molecular formula is C27H32N4O2. The van der Waals surface area contributed by atoms with Crippen LogP contribution in [0.15, 0.2) is 42.7 Å². The molecule has 0 bridgehead atoms. The average molecular weight is 445 g/mol. The molecule has 0 spiro atoms. The molecule has 0 unspecified atom stereocenters. The van der Waals surface area contributed by atoms with E-state index in [-0.39, 0.29) is 11.8 Å². The molecule has 33 heavy (non-hydrogen) atoms. The molecule has 3 aromatic rings. The van der Waals surface area contributed by atoms with Gasteiger partial charge in [0.15, 0.2) is 0 Å². The van der Waals surface area contributed by atoms with E-state index in [9.17, 15) is 9.59 Å². The van der Waals surface area contributed by atoms with Crippen LogP contribution in [0.5, 0.6) is 0 Å². The molecule has 2 fully saturated rings. The highest BCUT2D eigenvalue weighted by molar-refractivity contribution is 6.00. The van der Waals surface area contributed by atoms with Gasteiger partial charge in [-0.2, -0.15) is 5.10 Å². The van der Waals surface area contributed by atoms with Crippen LogP contribution in [-0.2, 0) is 0 Å². The van der Waals surface area contributed by atoms with Crippen molar-refractivity contribution in [3.8, 4) is 0 Å². The van der Waals surface area contributed by atoms with Crippen molar-refractivity contribution in [2.45, 2.75) is 51.9 Å². The largest absolute Gasteiger partial charge is 0.339 e. The van der Waals surface area contributed by atoms with Crippen LogP contribution in [0.2, 0.25) is 0 Å². The summed E-state index contributed by atoms with van der Waals surface area (Å²) in [5, 5.41) is 4.42. The molecule has 2 saturated heterocycles. The average Bonchev–Trinajstić information content (AvgIpc) is 3.27. The van der Waals surface area contributed by atoms with Gasteiger partial charge in [-0.3, -0.25) is 9.59 Å². The first kappa shape index (κ1) is 21.7. The van der Waals surface area contributed by atoms with Crippen molar-refractivity contribution >= 4 is 17.3 Å². The highest BCUT2D eigenvalue weighted by Crippen LogP contribution is 2.30. The van der Waals surface area contributed by atoms with Crippen LogP contribution < -0.4 is 0 Å². The molecule has 2 aromatic heterocycles. The van der Waals surface area contributed by atoms with Crippen molar-refractivity contribution < 1.29 is 9.59 Å². The molecule has 6 nitrogen and oxygen atoms in total. The lowest BCUT2D eigenvalue weighted by atomic mass is 9.89. The first-order valence-corrected chi connectivity index (χ1v) is 12.1. The van der Waals surface area contributed by atoms with Gasteiger partial charge in [0.2, 0.25) is 0 Å². The van der Waals surface area contributed by atoms with Crippen molar-refractivity contribution in [1.29, 1.82) is 0 Å². The second kappa shape index (κ2) is 9.00. The van der Waals surface area contributed by atoms with E-state index in [4.69, 9.17) is 0 Å². The van der Waals surface area contributed by atoms with Crippen LogP contribution in [-0.4, -0.2) is 57.4 Å². The summed E-state index contributed by atoms with van der Waals surface area (Å²) in [6, 6.07) is 10.3. The lowest BCUT2D eigenvalue weighted by molar-refractivity contribution is 0.0708. The van der Waals surface area contributed by atoms with Crippen LogP contribution in [0.25, 0.3) is 5.52 Å². The molecular weight excluding hydrogens is 412 g/mol. The second-order valence-electron chi connectivity index (χ2n) is 9.59. The van der Waals surface area contributed by atoms with E-state index >= 15 is 0 Å². The predicted octanol–water partition coefficient (Wildman–Crippen LogP) is 4.60. The molecule has 0 aliphatic carbocycles. The molecule has 2 amide bonds. The number of hydrogen-bond donors (Lipinski definition) is 0. The Hall–Kier alpha value is -3.15. The molecule has 5 rings (SSSR count). The summed E-state index contributed by atoms with van der Waals surface area (Å²) >= 11 is 0. The number of benzene rings is 1. The van der Waals surface area contributed by atoms with Crippen LogP contribution in [0.4, 0.5) is 0 Å². The number of hydrogen-bond acceptors (Lipinski definition) is 3. The van der Waals surface area contributed by atoms with E-state index in [0.29, 0.717) is 11.5 Å². The van der Waals surface area contributed by atoms with Crippen molar-refractivity contribution in [1.82, 2.24) is 19.4 Å². The van der Waals surface area contributed by atoms with Gasteiger partial charge in [-0.15, -0.1) is 0 Å². The summed E-state index contributed by atoms with van der Waals surface area (Å²) in [6.45, 7) is 7.24. The van der Waals surface area contributed by atoms with Gasteiger partial charge in [0.05, 0.1) is 17.3 Å². The van der Waals surface area contributed by atoms with Gasteiger partial charge >= 0.3 is 0 Å². The minimum Gasteiger partial charge on any atom is -0.339 e. The number of amides is 2. The summed E-state index contributed by atoms with van der Waals surface area (Å²) in [7, 11) is 0. The Morgan fingerprint density at radius 1 is 0.848 bits per heavy atom. The zero-order valence-corrected chi connectivity index (χ0v) is 19.6. The number of fused-ring (bicyclic) bond motifs is 1. The first-order chi connectivity index (χ1) is 16.0. The minimum atomic E-state index is 0.0933. The van der Waals surface area contributed by atoms with Gasteiger partial charge in [-0.05, 0) is 81.2 Å². The molecule has 0 atom stereocenters. The lowest BCUT2D eigenvalue weighted by Crippen LogP contribution is -2.38. The molecule has 4 heterocycles. The highest BCUT2D eigenvalue weighted by atomic mass is 16.2. The fourth-order valence-electron chi connectivity index (χ4n) is 5.32. The van der Waals surface area contributed by atoms with E-state index < -0.39 is 0 Å². The number of rotatable bonds is 3. The Labute approximate surface area is 195 Å². The fourth-order valence-corrected chi connectivity index (χ4v) is 5.32. The van der Waals surface area contributed by atoms with Crippen molar-refractivity contribution in [2.75, 3.05) is 26.2 Å². The third-order valence-corrected chi connectivity index (χ3v) is 7.29. The monoisotopic (exact) mass is 444 g/mol. The Kier molecular flexibility index (Phi) is 5.92. The second-order valence-corrected chi connectivity index (χ2v) is 9.59. The van der Waals surface area contributed by atoms with Crippen molar-refractivity contribution in [3.63, 3.8) is 0 Å². The van der Waals surface area contributed by atoms with E-state index in [1.54, 1.807) is 10.7 Å². The number of likely N-dealkylation sites (tertiary alicyclic amines) is 2. The lowest BCUT2D eigenvalue weighted by Gasteiger charge is -2.32. The van der Waals surface area contributed by atoms with E-state index in [1.165, 1.54) is 17.5 Å². The third kappa shape index (κ3) is 4.26. The smallest absolute Gasteiger partial charge is 0.257 e. The summed E-state index contributed by atoms with van der Waals surface area (Å²) in [5.74, 6) is 0.605.